The molecule has 0 N–H and O–H groups in total. The highest BCUT2D eigenvalue weighted by Crippen LogP contribution is 2.40. The van der Waals surface area contributed by atoms with Gasteiger partial charge in [0.15, 0.2) is 0 Å². The van der Waals surface area contributed by atoms with E-state index in [0.29, 0.717) is 5.92 Å². The Bertz CT molecular complexity index is 899. The molecule has 0 saturated heterocycles. The van der Waals surface area contributed by atoms with Crippen LogP contribution in [0.4, 0.5) is 0 Å². The van der Waals surface area contributed by atoms with Crippen LogP contribution in [-0.2, 0) is 28.1 Å². The molecule has 2 aromatic carbocycles. The smallest absolute Gasteiger partial charge is 0.0126 e. The minimum Gasteiger partial charge on any atom is -0.0617 e. The van der Waals surface area contributed by atoms with Gasteiger partial charge in [-0.25, -0.2) is 0 Å². The van der Waals surface area contributed by atoms with Gasteiger partial charge in [-0.15, -0.1) is 0 Å². The lowest BCUT2D eigenvalue weighted by molar-refractivity contribution is 0.518. The Morgan fingerprint density at radius 2 is 1.10 bits per heavy atom. The van der Waals surface area contributed by atoms with Crippen molar-refractivity contribution in [3.63, 3.8) is 0 Å². The molecule has 0 radical (unpaired) electrons. The molecule has 0 heteroatoms. The molecule has 1 unspecified atom stereocenters. The summed E-state index contributed by atoms with van der Waals surface area (Å²) in [6, 6.07) is 14.2. The molecule has 0 aromatic heterocycles. The molecule has 0 amide bonds. The second-order valence-electron chi connectivity index (χ2n) is 13.8. The fourth-order valence-corrected chi connectivity index (χ4v) is 4.90. The van der Waals surface area contributed by atoms with Gasteiger partial charge in [-0.2, -0.15) is 0 Å². The lowest BCUT2D eigenvalue weighted by Gasteiger charge is -2.34. The molecule has 172 valence electrons. The fraction of sp³-hybridized carbons (Fsp3) is 0.613. The lowest BCUT2D eigenvalue weighted by atomic mass is 9.70. The molecule has 0 bridgehead atoms. The van der Waals surface area contributed by atoms with E-state index in [1.807, 2.05) is 0 Å². The Morgan fingerprint density at radius 3 is 1.55 bits per heavy atom. The van der Waals surface area contributed by atoms with Crippen molar-refractivity contribution in [2.45, 2.75) is 124 Å². The Kier molecular flexibility index (Phi) is 6.98. The third-order valence-corrected chi connectivity index (χ3v) is 6.43. The zero-order chi connectivity index (χ0) is 24.0. The van der Waals surface area contributed by atoms with Gasteiger partial charge in [-0.05, 0) is 67.4 Å². The highest BCUT2D eigenvalue weighted by atomic mass is 14.3. The van der Waals surface area contributed by atoms with Crippen LogP contribution in [0, 0.1) is 0 Å². The predicted molar refractivity (Wildman–Crippen MR) is 140 cm³/mol. The first kappa shape index (κ1) is 25.7. The number of hydrogen-bond donors (Lipinski definition) is 0. The largest absolute Gasteiger partial charge is 0.0617 e. The molecule has 0 aliphatic carbocycles. The van der Waals surface area contributed by atoms with Gasteiger partial charge in [0.05, 0.1) is 0 Å². The van der Waals surface area contributed by atoms with E-state index in [4.69, 9.17) is 0 Å². The molecule has 0 spiro atoms. The minimum absolute atomic E-state index is 0.125. The van der Waals surface area contributed by atoms with Crippen LogP contribution >= 0.6 is 0 Å². The standard InChI is InChI=1S/C31H48/c1-21(23-15-14-16-25(29(5,6)7)27(23)31(11,12)13)19-22-17-18-24(28(2,3)4)26(20-22)30(8,9)10/h14-18,20-21H,19H2,1-13H3. The van der Waals surface area contributed by atoms with Gasteiger partial charge < -0.3 is 0 Å². The van der Waals surface area contributed by atoms with Crippen LogP contribution in [0.1, 0.15) is 129 Å². The number of hydrogen-bond acceptors (Lipinski definition) is 0. The van der Waals surface area contributed by atoms with Crippen molar-refractivity contribution in [2.24, 2.45) is 0 Å². The van der Waals surface area contributed by atoms with Crippen molar-refractivity contribution in [1.29, 1.82) is 0 Å². The molecule has 0 aliphatic rings. The summed E-state index contributed by atoms with van der Waals surface area (Å²) < 4.78 is 0. The molecule has 0 nitrogen and oxygen atoms in total. The highest BCUT2D eigenvalue weighted by molar-refractivity contribution is 5.46. The van der Waals surface area contributed by atoms with E-state index < -0.39 is 0 Å². The Labute approximate surface area is 193 Å². The molecule has 0 aliphatic heterocycles. The second kappa shape index (κ2) is 8.42. The minimum atomic E-state index is 0.125. The van der Waals surface area contributed by atoms with Crippen LogP contribution in [0.15, 0.2) is 36.4 Å². The van der Waals surface area contributed by atoms with Gasteiger partial charge in [-0.3, -0.25) is 0 Å². The summed E-state index contributed by atoms with van der Waals surface area (Å²) in [4.78, 5) is 0. The van der Waals surface area contributed by atoms with Crippen LogP contribution < -0.4 is 0 Å². The van der Waals surface area contributed by atoms with Crippen molar-refractivity contribution in [1.82, 2.24) is 0 Å². The summed E-state index contributed by atoms with van der Waals surface area (Å²) in [6.45, 7) is 30.5. The van der Waals surface area contributed by atoms with Gasteiger partial charge in [0.1, 0.15) is 0 Å². The third-order valence-electron chi connectivity index (χ3n) is 6.43. The normalized spacial score (nSPS) is 14.6. The first-order valence-electron chi connectivity index (χ1n) is 12.1. The monoisotopic (exact) mass is 420 g/mol. The SMILES string of the molecule is CC(Cc1ccc(C(C)(C)C)c(C(C)(C)C)c1)c1cccc(C(C)(C)C)c1C(C)(C)C. The highest BCUT2D eigenvalue weighted by Gasteiger charge is 2.30. The molecule has 0 heterocycles. The van der Waals surface area contributed by atoms with Gasteiger partial charge in [0, 0.05) is 0 Å². The topological polar surface area (TPSA) is 0 Å². The molecular weight excluding hydrogens is 372 g/mol. The van der Waals surface area contributed by atoms with Crippen LogP contribution in [-0.4, -0.2) is 0 Å². The first-order chi connectivity index (χ1) is 13.8. The Hall–Kier alpha value is -1.56. The average Bonchev–Trinajstić information content (AvgIpc) is 2.57. The van der Waals surface area contributed by atoms with Crippen molar-refractivity contribution >= 4 is 0 Å². The van der Waals surface area contributed by atoms with Crippen LogP contribution in [0.2, 0.25) is 0 Å². The van der Waals surface area contributed by atoms with Crippen LogP contribution in [0.3, 0.4) is 0 Å². The summed E-state index contributed by atoms with van der Waals surface area (Å²) >= 11 is 0. The van der Waals surface area contributed by atoms with E-state index in [0.717, 1.165) is 6.42 Å². The quantitative estimate of drug-likeness (QED) is 0.464. The summed E-state index contributed by atoms with van der Waals surface area (Å²) in [6.07, 6.45) is 1.07. The second-order valence-corrected chi connectivity index (χ2v) is 13.8. The molecular formula is C31H48. The zero-order valence-electron chi connectivity index (χ0n) is 22.7. The maximum atomic E-state index is 2.49. The van der Waals surface area contributed by atoms with E-state index in [2.05, 4.69) is 126 Å². The van der Waals surface area contributed by atoms with E-state index >= 15 is 0 Å². The first-order valence-corrected chi connectivity index (χ1v) is 12.1. The predicted octanol–water partition coefficient (Wildman–Crippen LogP) is 9.22. The van der Waals surface area contributed by atoms with E-state index in [1.165, 1.54) is 33.4 Å². The number of rotatable bonds is 3. The molecule has 0 saturated carbocycles. The van der Waals surface area contributed by atoms with E-state index in [-0.39, 0.29) is 21.7 Å². The van der Waals surface area contributed by atoms with Gasteiger partial charge in [0.25, 0.3) is 0 Å². The van der Waals surface area contributed by atoms with Crippen molar-refractivity contribution in [3.05, 3.63) is 69.8 Å². The average molecular weight is 421 g/mol. The van der Waals surface area contributed by atoms with E-state index in [1.54, 1.807) is 0 Å². The summed E-state index contributed by atoms with van der Waals surface area (Å²) in [5.41, 5.74) is 9.53. The molecule has 2 aromatic rings. The maximum absolute atomic E-state index is 2.49. The van der Waals surface area contributed by atoms with Gasteiger partial charge in [0.2, 0.25) is 0 Å². The molecule has 31 heavy (non-hydrogen) atoms. The lowest BCUT2D eigenvalue weighted by Crippen LogP contribution is -2.25. The van der Waals surface area contributed by atoms with Crippen molar-refractivity contribution < 1.29 is 0 Å². The maximum Gasteiger partial charge on any atom is -0.0126 e. The van der Waals surface area contributed by atoms with E-state index in [9.17, 15) is 0 Å². The summed E-state index contributed by atoms with van der Waals surface area (Å²) in [5, 5.41) is 0. The molecule has 2 rings (SSSR count). The van der Waals surface area contributed by atoms with Gasteiger partial charge >= 0.3 is 0 Å². The van der Waals surface area contributed by atoms with Crippen LogP contribution in [0.5, 0.6) is 0 Å². The Balaban J connectivity index is 2.55. The van der Waals surface area contributed by atoms with Crippen molar-refractivity contribution in [3.8, 4) is 0 Å². The van der Waals surface area contributed by atoms with Crippen molar-refractivity contribution in [2.75, 3.05) is 0 Å². The number of benzene rings is 2. The fourth-order valence-electron chi connectivity index (χ4n) is 4.90. The summed E-state index contributed by atoms with van der Waals surface area (Å²) in [7, 11) is 0. The Morgan fingerprint density at radius 1 is 0.581 bits per heavy atom. The molecule has 0 fully saturated rings. The third kappa shape index (κ3) is 6.03. The van der Waals surface area contributed by atoms with Gasteiger partial charge in [-0.1, -0.05) is 126 Å². The molecule has 1 atom stereocenters. The van der Waals surface area contributed by atoms with Crippen LogP contribution in [0.25, 0.3) is 0 Å². The summed E-state index contributed by atoms with van der Waals surface area (Å²) in [5.74, 6) is 0.477. The zero-order valence-corrected chi connectivity index (χ0v) is 22.7.